The van der Waals surface area contributed by atoms with Gasteiger partial charge in [-0.1, -0.05) is 30.3 Å². The number of ether oxygens (including phenoxy) is 2. The van der Waals surface area contributed by atoms with E-state index in [0.717, 1.165) is 11.6 Å². The van der Waals surface area contributed by atoms with Crippen molar-refractivity contribution in [2.45, 2.75) is 13.5 Å². The van der Waals surface area contributed by atoms with Crippen LogP contribution in [0.15, 0.2) is 48.5 Å². The summed E-state index contributed by atoms with van der Waals surface area (Å²) < 4.78 is 10.1. The van der Waals surface area contributed by atoms with Crippen molar-refractivity contribution >= 4 is 23.5 Å². The van der Waals surface area contributed by atoms with Crippen LogP contribution in [0.3, 0.4) is 0 Å². The number of Topliss-reactive ketones (excluding diaryl/α,β-unsaturated/α-hetero) is 1. The SMILES string of the molecule is COC(=O)C=Cc1c(C(C)=O)cc(OCc2ccccc2)cc1[N+](=O)[O-]. The molecule has 0 heterocycles. The van der Waals surface area contributed by atoms with Crippen LogP contribution in [-0.2, 0) is 16.1 Å². The summed E-state index contributed by atoms with van der Waals surface area (Å²) in [6.07, 6.45) is 2.22. The zero-order valence-corrected chi connectivity index (χ0v) is 14.3. The van der Waals surface area contributed by atoms with E-state index in [9.17, 15) is 19.7 Å². The van der Waals surface area contributed by atoms with Crippen molar-refractivity contribution in [3.05, 3.63) is 75.3 Å². The van der Waals surface area contributed by atoms with E-state index >= 15 is 0 Å². The Morgan fingerprint density at radius 2 is 1.88 bits per heavy atom. The van der Waals surface area contributed by atoms with Gasteiger partial charge in [0.1, 0.15) is 12.4 Å². The molecule has 0 saturated carbocycles. The van der Waals surface area contributed by atoms with E-state index in [-0.39, 0.29) is 35.0 Å². The average molecular weight is 355 g/mol. The minimum absolute atomic E-state index is 0.0277. The number of ketones is 1. The van der Waals surface area contributed by atoms with Gasteiger partial charge in [-0.25, -0.2) is 4.79 Å². The van der Waals surface area contributed by atoms with E-state index in [2.05, 4.69) is 4.74 Å². The van der Waals surface area contributed by atoms with Gasteiger partial charge in [0.25, 0.3) is 5.69 Å². The second-order valence-corrected chi connectivity index (χ2v) is 5.35. The minimum atomic E-state index is -0.682. The molecule has 0 N–H and O–H groups in total. The normalized spacial score (nSPS) is 10.5. The number of nitrogens with zero attached hydrogens (tertiary/aromatic N) is 1. The van der Waals surface area contributed by atoms with E-state index in [4.69, 9.17) is 4.74 Å². The molecule has 0 fully saturated rings. The third-order valence-electron chi connectivity index (χ3n) is 3.54. The predicted octanol–water partition coefficient (Wildman–Crippen LogP) is 3.56. The number of carbonyl (C=O) groups is 2. The number of nitro groups is 1. The maximum absolute atomic E-state index is 12.0. The minimum Gasteiger partial charge on any atom is -0.489 e. The summed E-state index contributed by atoms with van der Waals surface area (Å²) >= 11 is 0. The maximum Gasteiger partial charge on any atom is 0.330 e. The van der Waals surface area contributed by atoms with Crippen LogP contribution in [0.25, 0.3) is 6.08 Å². The summed E-state index contributed by atoms with van der Waals surface area (Å²) in [5.41, 5.74) is 0.664. The van der Waals surface area contributed by atoms with Gasteiger partial charge < -0.3 is 9.47 Å². The van der Waals surface area contributed by atoms with Crippen molar-refractivity contribution in [3.8, 4) is 5.75 Å². The van der Waals surface area contributed by atoms with Gasteiger partial charge in [0.05, 0.1) is 23.7 Å². The first kappa shape index (κ1) is 18.9. The number of carbonyl (C=O) groups excluding carboxylic acids is 2. The fraction of sp³-hybridized carbons (Fsp3) is 0.158. The fourth-order valence-electron chi connectivity index (χ4n) is 2.27. The van der Waals surface area contributed by atoms with Gasteiger partial charge in [-0.05, 0) is 24.6 Å². The summed E-state index contributed by atoms with van der Waals surface area (Å²) in [6, 6.07) is 11.9. The van der Waals surface area contributed by atoms with Crippen molar-refractivity contribution in [1.29, 1.82) is 0 Å². The van der Waals surface area contributed by atoms with Gasteiger partial charge in [-0.15, -0.1) is 0 Å². The highest BCUT2D eigenvalue weighted by atomic mass is 16.6. The summed E-state index contributed by atoms with van der Waals surface area (Å²) in [5.74, 6) is -0.873. The fourth-order valence-corrected chi connectivity index (χ4v) is 2.27. The van der Waals surface area contributed by atoms with Crippen molar-refractivity contribution in [1.82, 2.24) is 0 Å². The first-order chi connectivity index (χ1) is 12.4. The molecule has 0 aliphatic carbocycles. The summed E-state index contributed by atoms with van der Waals surface area (Å²) in [5, 5.41) is 11.4. The number of methoxy groups -OCH3 is 1. The van der Waals surface area contributed by atoms with E-state index in [1.165, 1.54) is 32.2 Å². The molecule has 2 aromatic rings. The molecule has 2 aromatic carbocycles. The zero-order valence-electron chi connectivity index (χ0n) is 14.3. The number of esters is 1. The summed E-state index contributed by atoms with van der Waals surface area (Å²) in [6.45, 7) is 1.49. The molecule has 26 heavy (non-hydrogen) atoms. The Kier molecular flexibility index (Phi) is 6.21. The molecule has 2 rings (SSSR count). The van der Waals surface area contributed by atoms with Crippen LogP contribution in [0.4, 0.5) is 5.69 Å². The molecule has 7 nitrogen and oxygen atoms in total. The molecule has 0 amide bonds. The molecule has 0 aliphatic rings. The lowest BCUT2D eigenvalue weighted by Crippen LogP contribution is -2.04. The average Bonchev–Trinajstić information content (AvgIpc) is 2.64. The van der Waals surface area contributed by atoms with Crippen LogP contribution in [0, 0.1) is 10.1 Å². The third kappa shape index (κ3) is 4.76. The van der Waals surface area contributed by atoms with Crippen molar-refractivity contribution in [2.75, 3.05) is 7.11 Å². The Morgan fingerprint density at radius 1 is 1.19 bits per heavy atom. The Labute approximate surface area is 150 Å². The number of rotatable bonds is 7. The van der Waals surface area contributed by atoms with E-state index in [0.29, 0.717) is 0 Å². The second-order valence-electron chi connectivity index (χ2n) is 5.35. The topological polar surface area (TPSA) is 95.7 Å². The zero-order chi connectivity index (χ0) is 19.1. The lowest BCUT2D eigenvalue weighted by Gasteiger charge is -2.10. The van der Waals surface area contributed by atoms with E-state index in [1.54, 1.807) is 0 Å². The van der Waals surface area contributed by atoms with Crippen molar-refractivity contribution in [2.24, 2.45) is 0 Å². The maximum atomic E-state index is 12.0. The van der Waals surface area contributed by atoms with Crippen LogP contribution in [0.5, 0.6) is 5.75 Å². The highest BCUT2D eigenvalue weighted by molar-refractivity contribution is 6.01. The van der Waals surface area contributed by atoms with Crippen LogP contribution in [-0.4, -0.2) is 23.8 Å². The first-order valence-electron chi connectivity index (χ1n) is 7.68. The molecule has 0 unspecified atom stereocenters. The lowest BCUT2D eigenvalue weighted by molar-refractivity contribution is -0.385. The van der Waals surface area contributed by atoms with E-state index < -0.39 is 10.9 Å². The molecule has 0 radical (unpaired) electrons. The number of nitro benzene ring substituents is 1. The van der Waals surface area contributed by atoms with Crippen molar-refractivity contribution < 1.29 is 24.0 Å². The second kappa shape index (κ2) is 8.57. The predicted molar refractivity (Wildman–Crippen MR) is 94.9 cm³/mol. The molecule has 0 aliphatic heterocycles. The highest BCUT2D eigenvalue weighted by Crippen LogP contribution is 2.31. The third-order valence-corrected chi connectivity index (χ3v) is 3.54. The Bertz CT molecular complexity index is 823. The molecule has 134 valence electrons. The molecule has 0 bridgehead atoms. The number of hydrogen-bond acceptors (Lipinski definition) is 6. The molecule has 7 heteroatoms. The largest absolute Gasteiger partial charge is 0.489 e. The number of benzene rings is 2. The molecule has 0 spiro atoms. The van der Waals surface area contributed by atoms with Crippen LogP contribution >= 0.6 is 0 Å². The summed E-state index contributed by atoms with van der Waals surface area (Å²) in [7, 11) is 1.19. The monoisotopic (exact) mass is 355 g/mol. The lowest BCUT2D eigenvalue weighted by atomic mass is 10.0. The number of hydrogen-bond donors (Lipinski definition) is 0. The standard InChI is InChI=1S/C19H17NO6/c1-13(21)17-10-15(26-12-14-6-4-3-5-7-14)11-18(20(23)24)16(17)8-9-19(22)25-2/h3-11H,12H2,1-2H3. The van der Waals surface area contributed by atoms with Gasteiger partial charge >= 0.3 is 5.97 Å². The molecule has 0 aromatic heterocycles. The van der Waals surface area contributed by atoms with Gasteiger partial charge in [-0.3, -0.25) is 14.9 Å². The Balaban J connectivity index is 2.42. The quantitative estimate of drug-likeness (QED) is 0.248. The van der Waals surface area contributed by atoms with Gasteiger partial charge in [0.15, 0.2) is 5.78 Å². The van der Waals surface area contributed by atoms with Gasteiger partial charge in [0, 0.05) is 11.6 Å². The van der Waals surface area contributed by atoms with Crippen molar-refractivity contribution in [3.63, 3.8) is 0 Å². The molecular weight excluding hydrogens is 338 g/mol. The molecule has 0 atom stereocenters. The summed E-state index contributed by atoms with van der Waals surface area (Å²) in [4.78, 5) is 34.0. The first-order valence-corrected chi connectivity index (χ1v) is 7.68. The highest BCUT2D eigenvalue weighted by Gasteiger charge is 2.21. The molecule has 0 saturated heterocycles. The smallest absolute Gasteiger partial charge is 0.330 e. The van der Waals surface area contributed by atoms with Gasteiger partial charge in [0.2, 0.25) is 0 Å². The Hall–Kier alpha value is -3.48. The van der Waals surface area contributed by atoms with E-state index in [1.807, 2.05) is 30.3 Å². The molecular formula is C19H17NO6. The van der Waals surface area contributed by atoms with Gasteiger partial charge in [-0.2, -0.15) is 0 Å². The van der Waals surface area contributed by atoms with Crippen LogP contribution < -0.4 is 4.74 Å². The van der Waals surface area contributed by atoms with Crippen LogP contribution in [0.1, 0.15) is 28.4 Å². The Morgan fingerprint density at radius 3 is 2.46 bits per heavy atom. The van der Waals surface area contributed by atoms with Crippen LogP contribution in [0.2, 0.25) is 0 Å².